The Labute approximate surface area is 73.0 Å². The van der Waals surface area contributed by atoms with Crippen molar-refractivity contribution in [2.75, 3.05) is 6.54 Å². The highest BCUT2D eigenvalue weighted by Gasteiger charge is 2.18. The predicted octanol–water partition coefficient (Wildman–Crippen LogP) is -0.268. The lowest BCUT2D eigenvalue weighted by Gasteiger charge is -2.19. The van der Waals surface area contributed by atoms with Crippen LogP contribution in [0.15, 0.2) is 0 Å². The van der Waals surface area contributed by atoms with Crippen LogP contribution in [0.3, 0.4) is 0 Å². The topological polar surface area (TPSA) is 82.0 Å². The van der Waals surface area contributed by atoms with Gasteiger partial charge in [-0.25, -0.2) is 0 Å². The van der Waals surface area contributed by atoms with E-state index in [1.165, 1.54) is 0 Å². The van der Waals surface area contributed by atoms with Gasteiger partial charge in [0.25, 0.3) is 10.2 Å². The largest absolute Gasteiger partial charge is 0.278 e. The van der Waals surface area contributed by atoms with E-state index >= 15 is 0 Å². The van der Waals surface area contributed by atoms with Crippen molar-refractivity contribution in [1.82, 2.24) is 9.44 Å². The lowest BCUT2D eigenvalue weighted by molar-refractivity contribution is 0.485. The van der Waals surface area contributed by atoms with Crippen molar-refractivity contribution in [3.05, 3.63) is 0 Å². The van der Waals surface area contributed by atoms with Gasteiger partial charge in [-0.1, -0.05) is 0 Å². The minimum atomic E-state index is -3.52. The van der Waals surface area contributed by atoms with Crippen molar-refractivity contribution in [3.63, 3.8) is 0 Å². The molecule has 12 heavy (non-hydrogen) atoms. The van der Waals surface area contributed by atoms with Gasteiger partial charge in [0.05, 0.1) is 12.6 Å². The zero-order chi connectivity index (χ0) is 9.83. The van der Waals surface area contributed by atoms with Gasteiger partial charge in [0.15, 0.2) is 0 Å². The van der Waals surface area contributed by atoms with Crippen molar-refractivity contribution in [2.24, 2.45) is 0 Å². The van der Waals surface area contributed by atoms with E-state index in [-0.39, 0.29) is 6.54 Å². The van der Waals surface area contributed by atoms with Crippen LogP contribution >= 0.6 is 0 Å². The fraction of sp³-hybridized carbons (Fsp3) is 0.833. The number of nitrogens with one attached hydrogen (secondary N) is 2. The lowest BCUT2D eigenvalue weighted by atomic mass is 10.1. The van der Waals surface area contributed by atoms with Crippen molar-refractivity contribution < 1.29 is 8.42 Å². The predicted molar refractivity (Wildman–Crippen MR) is 45.4 cm³/mol. The molecular weight excluding hydrogens is 178 g/mol. The third-order valence-corrected chi connectivity index (χ3v) is 2.19. The van der Waals surface area contributed by atoms with Crippen LogP contribution in [0.5, 0.6) is 0 Å². The van der Waals surface area contributed by atoms with Gasteiger partial charge >= 0.3 is 0 Å². The van der Waals surface area contributed by atoms with Crippen LogP contribution in [0.4, 0.5) is 0 Å². The smallest absolute Gasteiger partial charge is 0.197 e. The van der Waals surface area contributed by atoms with Crippen LogP contribution in [0, 0.1) is 11.3 Å². The monoisotopic (exact) mass is 191 g/mol. The first-order chi connectivity index (χ1) is 5.27. The Hall–Kier alpha value is -0.640. The highest BCUT2D eigenvalue weighted by Crippen LogP contribution is 1.99. The molecule has 0 spiro atoms. The fourth-order valence-electron chi connectivity index (χ4n) is 0.566. The van der Waals surface area contributed by atoms with Crippen molar-refractivity contribution in [2.45, 2.75) is 26.3 Å². The summed E-state index contributed by atoms with van der Waals surface area (Å²) in [5.41, 5.74) is -0.526. The van der Waals surface area contributed by atoms with Gasteiger partial charge in [-0.15, -0.1) is 0 Å². The summed E-state index contributed by atoms with van der Waals surface area (Å²) < 4.78 is 26.5. The maximum absolute atomic E-state index is 11.0. The molecule has 0 fully saturated rings. The van der Waals surface area contributed by atoms with E-state index in [9.17, 15) is 8.42 Å². The summed E-state index contributed by atoms with van der Waals surface area (Å²) in [6.07, 6.45) is 0. The third kappa shape index (κ3) is 6.09. The number of rotatable bonds is 3. The molecule has 0 atom stereocenters. The first kappa shape index (κ1) is 11.4. The maximum Gasteiger partial charge on any atom is 0.278 e. The molecule has 0 radical (unpaired) electrons. The highest BCUT2D eigenvalue weighted by molar-refractivity contribution is 7.87. The van der Waals surface area contributed by atoms with Gasteiger partial charge in [-0.2, -0.15) is 23.1 Å². The summed E-state index contributed by atoms with van der Waals surface area (Å²) in [6.45, 7) is 4.95. The fourth-order valence-corrected chi connectivity index (χ4v) is 1.70. The van der Waals surface area contributed by atoms with Gasteiger partial charge in [0, 0.05) is 5.54 Å². The lowest BCUT2D eigenvalue weighted by Crippen LogP contribution is -2.46. The van der Waals surface area contributed by atoms with E-state index < -0.39 is 15.7 Å². The molecule has 5 nitrogen and oxygen atoms in total. The number of hydrogen-bond donors (Lipinski definition) is 2. The highest BCUT2D eigenvalue weighted by atomic mass is 32.2. The summed E-state index contributed by atoms with van der Waals surface area (Å²) in [4.78, 5) is 0. The van der Waals surface area contributed by atoms with Crippen molar-refractivity contribution in [3.8, 4) is 6.07 Å². The molecule has 0 bridgehead atoms. The van der Waals surface area contributed by atoms with Gasteiger partial charge in [0.2, 0.25) is 0 Å². The van der Waals surface area contributed by atoms with Crippen LogP contribution in [0.25, 0.3) is 0 Å². The van der Waals surface area contributed by atoms with E-state index in [1.807, 2.05) is 0 Å². The molecule has 0 aromatic carbocycles. The SMILES string of the molecule is CC(C)(C)NS(=O)(=O)NCC#N. The van der Waals surface area contributed by atoms with E-state index in [0.717, 1.165) is 0 Å². The standard InChI is InChI=1S/C6H13N3O2S/c1-6(2,3)9-12(10,11)8-5-4-7/h8-9H,5H2,1-3H3. The van der Waals surface area contributed by atoms with Crippen LogP contribution < -0.4 is 9.44 Å². The molecule has 6 heteroatoms. The van der Waals surface area contributed by atoms with Crippen molar-refractivity contribution in [1.29, 1.82) is 5.26 Å². The first-order valence-electron chi connectivity index (χ1n) is 3.42. The molecule has 0 amide bonds. The van der Waals surface area contributed by atoms with Crippen LogP contribution in [-0.4, -0.2) is 20.5 Å². The Bertz CT molecular complexity index is 270. The zero-order valence-corrected chi connectivity index (χ0v) is 8.20. The summed E-state index contributed by atoms with van der Waals surface area (Å²) in [5.74, 6) is 0. The second-order valence-corrected chi connectivity index (χ2v) is 4.83. The maximum atomic E-state index is 11.0. The Morgan fingerprint density at radius 1 is 1.42 bits per heavy atom. The molecule has 0 rings (SSSR count). The van der Waals surface area contributed by atoms with Gasteiger partial charge < -0.3 is 0 Å². The van der Waals surface area contributed by atoms with E-state index in [1.54, 1.807) is 26.8 Å². The minimum Gasteiger partial charge on any atom is -0.197 e. The summed E-state index contributed by atoms with van der Waals surface area (Å²) in [6, 6.07) is 1.68. The molecular formula is C6H13N3O2S. The summed E-state index contributed by atoms with van der Waals surface area (Å²) >= 11 is 0. The zero-order valence-electron chi connectivity index (χ0n) is 7.38. The molecule has 0 aliphatic carbocycles. The molecule has 0 aromatic rings. The molecule has 2 N–H and O–H groups in total. The van der Waals surface area contributed by atoms with Gasteiger partial charge in [0.1, 0.15) is 0 Å². The average Bonchev–Trinajstić information content (AvgIpc) is 1.78. The third-order valence-electron chi connectivity index (χ3n) is 0.782. The van der Waals surface area contributed by atoms with Crippen LogP contribution in [-0.2, 0) is 10.2 Å². The van der Waals surface area contributed by atoms with Gasteiger partial charge in [-0.05, 0) is 20.8 Å². The Kier molecular flexibility index (Phi) is 3.64. The summed E-state index contributed by atoms with van der Waals surface area (Å²) in [5, 5.41) is 8.12. The van der Waals surface area contributed by atoms with E-state index in [0.29, 0.717) is 0 Å². The second kappa shape index (κ2) is 3.85. The molecule has 0 unspecified atom stereocenters. The molecule has 0 saturated heterocycles. The second-order valence-electron chi connectivity index (χ2n) is 3.33. The number of nitriles is 1. The molecule has 70 valence electrons. The Balaban J connectivity index is 4.18. The molecule has 0 saturated carbocycles. The summed E-state index contributed by atoms with van der Waals surface area (Å²) in [7, 11) is -3.52. The Morgan fingerprint density at radius 2 is 1.92 bits per heavy atom. The first-order valence-corrected chi connectivity index (χ1v) is 4.91. The van der Waals surface area contributed by atoms with Crippen molar-refractivity contribution >= 4 is 10.2 Å². The quantitative estimate of drug-likeness (QED) is 0.602. The van der Waals surface area contributed by atoms with Gasteiger partial charge in [-0.3, -0.25) is 0 Å². The molecule has 0 aliphatic rings. The number of nitrogens with zero attached hydrogens (tertiary/aromatic N) is 1. The number of hydrogen-bond acceptors (Lipinski definition) is 3. The normalized spacial score (nSPS) is 12.5. The Morgan fingerprint density at radius 3 is 2.25 bits per heavy atom. The van der Waals surface area contributed by atoms with Crippen LogP contribution in [0.2, 0.25) is 0 Å². The molecule has 0 heterocycles. The van der Waals surface area contributed by atoms with Crippen LogP contribution in [0.1, 0.15) is 20.8 Å². The molecule has 0 aliphatic heterocycles. The van der Waals surface area contributed by atoms with E-state index in [2.05, 4.69) is 9.44 Å². The minimum absolute atomic E-state index is 0.217. The molecule has 0 aromatic heterocycles. The average molecular weight is 191 g/mol. The van der Waals surface area contributed by atoms with E-state index in [4.69, 9.17) is 5.26 Å².